The SMILES string of the molecule is CCOc1ccccc1-c1noc(C)c1CN=[N+]=[N-]. The summed E-state index contributed by atoms with van der Waals surface area (Å²) in [6, 6.07) is 7.58. The molecule has 0 saturated carbocycles. The molecule has 0 aliphatic rings. The molecule has 0 N–H and O–H groups in total. The van der Waals surface area contributed by atoms with Gasteiger partial charge in [0, 0.05) is 16.0 Å². The second kappa shape index (κ2) is 5.93. The van der Waals surface area contributed by atoms with Crippen molar-refractivity contribution in [3.8, 4) is 17.0 Å². The Labute approximate surface area is 110 Å². The maximum Gasteiger partial charge on any atom is 0.137 e. The monoisotopic (exact) mass is 258 g/mol. The van der Waals surface area contributed by atoms with Gasteiger partial charge in [-0.05, 0) is 31.5 Å². The lowest BCUT2D eigenvalue weighted by atomic mass is 10.1. The quantitative estimate of drug-likeness (QED) is 0.463. The zero-order chi connectivity index (χ0) is 13.7. The average Bonchev–Trinajstić information content (AvgIpc) is 2.79. The Hall–Kier alpha value is -2.46. The van der Waals surface area contributed by atoms with Crippen molar-refractivity contribution >= 4 is 0 Å². The highest BCUT2D eigenvalue weighted by molar-refractivity contribution is 5.70. The zero-order valence-electron chi connectivity index (χ0n) is 10.8. The zero-order valence-corrected chi connectivity index (χ0v) is 10.8. The van der Waals surface area contributed by atoms with Gasteiger partial charge in [0.2, 0.25) is 0 Å². The minimum atomic E-state index is 0.210. The number of aromatic nitrogens is 1. The van der Waals surface area contributed by atoms with Crippen molar-refractivity contribution in [2.24, 2.45) is 5.11 Å². The Balaban J connectivity index is 2.49. The van der Waals surface area contributed by atoms with Crippen molar-refractivity contribution in [1.82, 2.24) is 5.16 Å². The molecule has 0 saturated heterocycles. The number of ether oxygens (including phenoxy) is 1. The molecule has 1 aromatic carbocycles. The molecule has 0 aliphatic carbocycles. The van der Waals surface area contributed by atoms with Crippen LogP contribution >= 0.6 is 0 Å². The maximum atomic E-state index is 8.44. The fourth-order valence-electron chi connectivity index (χ4n) is 1.83. The number of azide groups is 1. The van der Waals surface area contributed by atoms with Gasteiger partial charge in [-0.1, -0.05) is 22.4 Å². The molecule has 0 unspecified atom stereocenters. The predicted molar refractivity (Wildman–Crippen MR) is 70.7 cm³/mol. The molecule has 6 heteroatoms. The third kappa shape index (κ3) is 2.69. The molecule has 0 bridgehead atoms. The summed E-state index contributed by atoms with van der Waals surface area (Å²) in [6.45, 7) is 4.49. The molecule has 19 heavy (non-hydrogen) atoms. The summed E-state index contributed by atoms with van der Waals surface area (Å²) in [6.07, 6.45) is 0. The van der Waals surface area contributed by atoms with Gasteiger partial charge in [-0.25, -0.2) is 0 Å². The number of aryl methyl sites for hydroxylation is 1. The summed E-state index contributed by atoms with van der Waals surface area (Å²) in [5.41, 5.74) is 10.7. The number of para-hydroxylation sites is 1. The molecular weight excluding hydrogens is 244 g/mol. The van der Waals surface area contributed by atoms with E-state index in [0.717, 1.165) is 16.9 Å². The number of hydrogen-bond acceptors (Lipinski definition) is 4. The molecule has 0 aliphatic heterocycles. The van der Waals surface area contributed by atoms with Gasteiger partial charge in [0.15, 0.2) is 0 Å². The Bertz CT molecular complexity index is 615. The standard InChI is InChI=1S/C13H14N4O2/c1-3-18-12-7-5-4-6-10(12)13-11(8-15-17-14)9(2)19-16-13/h4-7H,3,8H2,1-2H3. The van der Waals surface area contributed by atoms with Crippen LogP contribution in [0.3, 0.4) is 0 Å². The van der Waals surface area contributed by atoms with E-state index in [2.05, 4.69) is 15.2 Å². The van der Waals surface area contributed by atoms with Crippen LogP contribution in [-0.2, 0) is 6.54 Å². The molecule has 2 aromatic rings. The van der Waals surface area contributed by atoms with Crippen LogP contribution in [0.2, 0.25) is 0 Å². The summed E-state index contributed by atoms with van der Waals surface area (Å²) in [5, 5.41) is 7.62. The Kier molecular flexibility index (Phi) is 4.05. The molecule has 0 fully saturated rings. The first-order valence-corrected chi connectivity index (χ1v) is 5.96. The van der Waals surface area contributed by atoms with E-state index >= 15 is 0 Å². The van der Waals surface area contributed by atoms with Crippen LogP contribution in [0, 0.1) is 6.92 Å². The van der Waals surface area contributed by atoms with Crippen LogP contribution in [0.5, 0.6) is 5.75 Å². The van der Waals surface area contributed by atoms with Crippen LogP contribution in [0.4, 0.5) is 0 Å². The summed E-state index contributed by atoms with van der Waals surface area (Å²) < 4.78 is 10.8. The minimum absolute atomic E-state index is 0.210. The average molecular weight is 258 g/mol. The molecule has 1 heterocycles. The maximum absolute atomic E-state index is 8.44. The van der Waals surface area contributed by atoms with E-state index in [-0.39, 0.29) is 6.54 Å². The summed E-state index contributed by atoms with van der Waals surface area (Å²) >= 11 is 0. The van der Waals surface area contributed by atoms with E-state index in [0.29, 0.717) is 18.1 Å². The van der Waals surface area contributed by atoms with Crippen molar-refractivity contribution in [1.29, 1.82) is 0 Å². The molecule has 0 amide bonds. The molecule has 2 rings (SSSR count). The highest BCUT2D eigenvalue weighted by atomic mass is 16.5. The number of hydrogen-bond donors (Lipinski definition) is 0. The van der Waals surface area contributed by atoms with E-state index in [9.17, 15) is 0 Å². The lowest BCUT2D eigenvalue weighted by Gasteiger charge is -2.08. The number of nitrogens with zero attached hydrogens (tertiary/aromatic N) is 4. The van der Waals surface area contributed by atoms with Crippen molar-refractivity contribution in [2.45, 2.75) is 20.4 Å². The summed E-state index contributed by atoms with van der Waals surface area (Å²) in [4.78, 5) is 2.77. The molecule has 0 atom stereocenters. The first-order valence-electron chi connectivity index (χ1n) is 5.96. The Morgan fingerprint density at radius 1 is 1.42 bits per heavy atom. The summed E-state index contributed by atoms with van der Waals surface area (Å²) in [5.74, 6) is 1.38. The van der Waals surface area contributed by atoms with Gasteiger partial charge in [-0.2, -0.15) is 0 Å². The third-order valence-electron chi connectivity index (χ3n) is 2.72. The predicted octanol–water partition coefficient (Wildman–Crippen LogP) is 3.86. The number of benzene rings is 1. The fourth-order valence-corrected chi connectivity index (χ4v) is 1.83. The van der Waals surface area contributed by atoms with Crippen LogP contribution < -0.4 is 4.74 Å². The topological polar surface area (TPSA) is 84.0 Å². The largest absolute Gasteiger partial charge is 0.493 e. The van der Waals surface area contributed by atoms with Crippen molar-refractivity contribution in [2.75, 3.05) is 6.61 Å². The van der Waals surface area contributed by atoms with Crippen LogP contribution in [-0.4, -0.2) is 11.8 Å². The van der Waals surface area contributed by atoms with E-state index in [4.69, 9.17) is 14.8 Å². The molecule has 0 spiro atoms. The minimum Gasteiger partial charge on any atom is -0.493 e. The molecule has 1 aromatic heterocycles. The van der Waals surface area contributed by atoms with Gasteiger partial charge in [0.1, 0.15) is 17.2 Å². The van der Waals surface area contributed by atoms with Gasteiger partial charge in [0.25, 0.3) is 0 Å². The molecule has 0 radical (unpaired) electrons. The molecular formula is C13H14N4O2. The van der Waals surface area contributed by atoms with E-state index < -0.39 is 0 Å². The van der Waals surface area contributed by atoms with Gasteiger partial charge in [-0.15, -0.1) is 0 Å². The number of rotatable bonds is 5. The Morgan fingerprint density at radius 3 is 2.95 bits per heavy atom. The van der Waals surface area contributed by atoms with Crippen molar-refractivity contribution in [3.63, 3.8) is 0 Å². The molecule has 98 valence electrons. The smallest absolute Gasteiger partial charge is 0.137 e. The lowest BCUT2D eigenvalue weighted by molar-refractivity contribution is 0.341. The fraction of sp³-hybridized carbons (Fsp3) is 0.308. The molecule has 6 nitrogen and oxygen atoms in total. The second-order valence-electron chi connectivity index (χ2n) is 3.88. The van der Waals surface area contributed by atoms with E-state index in [1.807, 2.05) is 31.2 Å². The normalized spacial score (nSPS) is 10.0. The highest BCUT2D eigenvalue weighted by Gasteiger charge is 2.17. The van der Waals surface area contributed by atoms with E-state index in [1.165, 1.54) is 0 Å². The van der Waals surface area contributed by atoms with Gasteiger partial charge >= 0.3 is 0 Å². The summed E-state index contributed by atoms with van der Waals surface area (Å²) in [7, 11) is 0. The highest BCUT2D eigenvalue weighted by Crippen LogP contribution is 2.33. The second-order valence-corrected chi connectivity index (χ2v) is 3.88. The Morgan fingerprint density at radius 2 is 2.21 bits per heavy atom. The van der Waals surface area contributed by atoms with E-state index in [1.54, 1.807) is 6.92 Å². The lowest BCUT2D eigenvalue weighted by Crippen LogP contribution is -1.95. The first-order chi connectivity index (χ1) is 9.27. The van der Waals surface area contributed by atoms with Gasteiger partial charge < -0.3 is 9.26 Å². The van der Waals surface area contributed by atoms with Gasteiger partial charge in [-0.3, -0.25) is 0 Å². The first kappa shape index (κ1) is 13.0. The van der Waals surface area contributed by atoms with Crippen LogP contribution in [0.15, 0.2) is 33.9 Å². The van der Waals surface area contributed by atoms with Crippen LogP contribution in [0.25, 0.3) is 21.7 Å². The third-order valence-corrected chi connectivity index (χ3v) is 2.72. The van der Waals surface area contributed by atoms with Crippen molar-refractivity contribution < 1.29 is 9.26 Å². The van der Waals surface area contributed by atoms with Crippen LogP contribution in [0.1, 0.15) is 18.2 Å². The van der Waals surface area contributed by atoms with Crippen molar-refractivity contribution in [3.05, 3.63) is 46.0 Å². The van der Waals surface area contributed by atoms with Gasteiger partial charge in [0.05, 0.1) is 13.2 Å².